The first-order valence-corrected chi connectivity index (χ1v) is 13.1. The van der Waals surface area contributed by atoms with Gasteiger partial charge in [-0.25, -0.2) is 0 Å². The molecule has 3 aromatic carbocycles. The van der Waals surface area contributed by atoms with E-state index in [1.807, 2.05) is 70.2 Å². The minimum atomic E-state index is -3.99. The zero-order valence-corrected chi connectivity index (χ0v) is 21.1. The van der Waals surface area contributed by atoms with Crippen molar-refractivity contribution in [2.24, 2.45) is 0 Å². The van der Waals surface area contributed by atoms with Gasteiger partial charge in [0, 0.05) is 16.7 Å². The Labute approximate surface area is 206 Å². The standard InChI is InChI=1S/C29H28O5S/c1-5-20-8-12-24(27(16-20)34-35(30,31)23-10-6-19(2)7-11-23)22-17-21-9-13-26-25(28(21)32-18-22)14-15-29(3,4)33-26/h6-17H,5,18H2,1-4H3. The third kappa shape index (κ3) is 4.58. The predicted octanol–water partition coefficient (Wildman–Crippen LogP) is 6.44. The van der Waals surface area contributed by atoms with Crippen LogP contribution in [-0.4, -0.2) is 20.6 Å². The Balaban J connectivity index is 1.54. The highest BCUT2D eigenvalue weighted by Crippen LogP contribution is 2.43. The molecule has 0 atom stereocenters. The Kier molecular flexibility index (Phi) is 5.72. The van der Waals surface area contributed by atoms with Gasteiger partial charge in [-0.05, 0) is 81.3 Å². The van der Waals surface area contributed by atoms with Crippen LogP contribution in [0, 0.1) is 6.92 Å². The molecule has 2 aliphatic rings. The Bertz CT molecular complexity index is 1460. The molecule has 6 heteroatoms. The van der Waals surface area contributed by atoms with Crippen molar-refractivity contribution in [2.45, 2.75) is 44.6 Å². The number of hydrogen-bond acceptors (Lipinski definition) is 5. The largest absolute Gasteiger partial charge is 0.487 e. The van der Waals surface area contributed by atoms with Crippen molar-refractivity contribution in [3.05, 3.63) is 88.5 Å². The van der Waals surface area contributed by atoms with Crippen LogP contribution in [0.15, 0.2) is 65.6 Å². The zero-order chi connectivity index (χ0) is 24.8. The molecular weight excluding hydrogens is 460 g/mol. The normalized spacial score (nSPS) is 15.8. The molecule has 180 valence electrons. The molecule has 0 bridgehead atoms. The Morgan fingerprint density at radius 3 is 2.54 bits per heavy atom. The first-order valence-electron chi connectivity index (χ1n) is 11.7. The maximum Gasteiger partial charge on any atom is 0.339 e. The summed E-state index contributed by atoms with van der Waals surface area (Å²) >= 11 is 0. The highest BCUT2D eigenvalue weighted by atomic mass is 32.2. The average Bonchev–Trinajstić information content (AvgIpc) is 2.83. The molecule has 0 aliphatic carbocycles. The average molecular weight is 489 g/mol. The summed E-state index contributed by atoms with van der Waals surface area (Å²) < 4.78 is 44.1. The molecule has 3 aromatic rings. The van der Waals surface area contributed by atoms with Crippen LogP contribution >= 0.6 is 0 Å². The minimum absolute atomic E-state index is 0.122. The summed E-state index contributed by atoms with van der Waals surface area (Å²) in [6.07, 6.45) is 6.84. The van der Waals surface area contributed by atoms with Crippen LogP contribution in [0.5, 0.6) is 17.2 Å². The molecule has 2 heterocycles. The highest BCUT2D eigenvalue weighted by molar-refractivity contribution is 7.87. The first-order chi connectivity index (χ1) is 16.6. The van der Waals surface area contributed by atoms with Gasteiger partial charge in [0.15, 0.2) is 5.75 Å². The van der Waals surface area contributed by atoms with E-state index in [1.165, 1.54) is 0 Å². The van der Waals surface area contributed by atoms with E-state index in [2.05, 4.69) is 0 Å². The molecule has 0 spiro atoms. The summed E-state index contributed by atoms with van der Waals surface area (Å²) in [5.74, 6) is 1.85. The molecule has 0 radical (unpaired) electrons. The highest BCUT2D eigenvalue weighted by Gasteiger charge is 2.27. The molecule has 0 saturated carbocycles. The van der Waals surface area contributed by atoms with E-state index in [9.17, 15) is 8.42 Å². The lowest BCUT2D eigenvalue weighted by Crippen LogP contribution is -2.27. The second-order valence-electron chi connectivity index (χ2n) is 9.43. The maximum absolute atomic E-state index is 13.1. The number of benzene rings is 3. The molecule has 0 fully saturated rings. The Morgan fingerprint density at radius 1 is 1.03 bits per heavy atom. The van der Waals surface area contributed by atoms with Crippen LogP contribution in [0.25, 0.3) is 17.7 Å². The van der Waals surface area contributed by atoms with E-state index in [-0.39, 0.29) is 17.1 Å². The van der Waals surface area contributed by atoms with Gasteiger partial charge in [-0.1, -0.05) is 36.8 Å². The van der Waals surface area contributed by atoms with Crippen LogP contribution in [0.1, 0.15) is 48.6 Å². The number of fused-ring (bicyclic) bond motifs is 3. The van der Waals surface area contributed by atoms with Crippen LogP contribution in [0.4, 0.5) is 0 Å². The lowest BCUT2D eigenvalue weighted by molar-refractivity contribution is 0.158. The van der Waals surface area contributed by atoms with E-state index < -0.39 is 10.1 Å². The van der Waals surface area contributed by atoms with E-state index >= 15 is 0 Å². The van der Waals surface area contributed by atoms with E-state index in [4.69, 9.17) is 13.7 Å². The van der Waals surface area contributed by atoms with Gasteiger partial charge in [-0.15, -0.1) is 0 Å². The molecule has 5 nitrogen and oxygen atoms in total. The monoisotopic (exact) mass is 488 g/mol. The van der Waals surface area contributed by atoms with E-state index in [0.29, 0.717) is 11.3 Å². The second kappa shape index (κ2) is 8.61. The van der Waals surface area contributed by atoms with Gasteiger partial charge in [0.25, 0.3) is 0 Å². The Morgan fingerprint density at radius 2 is 1.80 bits per heavy atom. The fourth-order valence-electron chi connectivity index (χ4n) is 4.25. The molecule has 0 N–H and O–H groups in total. The SMILES string of the molecule is CCc1ccc(C2=Cc3ccc4c(c3OC2)C=CC(C)(C)O4)c(OS(=O)(=O)c2ccc(C)cc2)c1. The van der Waals surface area contributed by atoms with Gasteiger partial charge in [0.05, 0.1) is 5.56 Å². The quantitative estimate of drug-likeness (QED) is 0.387. The van der Waals surface area contributed by atoms with Crippen molar-refractivity contribution in [2.75, 3.05) is 6.61 Å². The topological polar surface area (TPSA) is 61.8 Å². The van der Waals surface area contributed by atoms with Crippen LogP contribution in [0.2, 0.25) is 0 Å². The lowest BCUT2D eigenvalue weighted by atomic mass is 9.95. The third-order valence-corrected chi connectivity index (χ3v) is 7.47. The zero-order valence-electron chi connectivity index (χ0n) is 20.3. The summed E-state index contributed by atoms with van der Waals surface area (Å²) in [5.41, 5.74) is 4.95. The summed E-state index contributed by atoms with van der Waals surface area (Å²) in [6, 6.07) is 16.2. The van der Waals surface area contributed by atoms with Gasteiger partial charge < -0.3 is 13.7 Å². The van der Waals surface area contributed by atoms with Crippen LogP contribution in [0.3, 0.4) is 0 Å². The summed E-state index contributed by atoms with van der Waals surface area (Å²) in [5, 5.41) is 0. The number of aryl methyl sites for hydroxylation is 2. The summed E-state index contributed by atoms with van der Waals surface area (Å²) in [6.45, 7) is 8.24. The van der Waals surface area contributed by atoms with Crippen LogP contribution < -0.4 is 13.7 Å². The Hall–Kier alpha value is -3.51. The molecule has 5 rings (SSSR count). The number of rotatable bonds is 5. The van der Waals surface area contributed by atoms with E-state index in [1.54, 1.807) is 30.3 Å². The van der Waals surface area contributed by atoms with Crippen molar-refractivity contribution in [1.82, 2.24) is 0 Å². The third-order valence-electron chi connectivity index (χ3n) is 6.22. The van der Waals surface area contributed by atoms with Crippen molar-refractivity contribution in [1.29, 1.82) is 0 Å². The summed E-state index contributed by atoms with van der Waals surface area (Å²) in [7, 11) is -3.99. The van der Waals surface area contributed by atoms with Gasteiger partial charge in [-0.2, -0.15) is 8.42 Å². The fraction of sp³-hybridized carbons (Fsp3) is 0.241. The number of ether oxygens (including phenoxy) is 2. The fourth-order valence-corrected chi connectivity index (χ4v) is 5.19. The molecule has 0 amide bonds. The van der Waals surface area contributed by atoms with Crippen molar-refractivity contribution >= 4 is 27.8 Å². The minimum Gasteiger partial charge on any atom is -0.487 e. The van der Waals surface area contributed by atoms with Crippen molar-refractivity contribution < 1.29 is 22.1 Å². The van der Waals surface area contributed by atoms with Crippen molar-refractivity contribution in [3.63, 3.8) is 0 Å². The molecule has 35 heavy (non-hydrogen) atoms. The first kappa shape index (κ1) is 23.2. The smallest absolute Gasteiger partial charge is 0.339 e. The van der Waals surface area contributed by atoms with Crippen LogP contribution in [-0.2, 0) is 16.5 Å². The van der Waals surface area contributed by atoms with Gasteiger partial charge >= 0.3 is 10.1 Å². The van der Waals surface area contributed by atoms with Gasteiger partial charge in [0.2, 0.25) is 0 Å². The predicted molar refractivity (Wildman–Crippen MR) is 138 cm³/mol. The molecule has 2 aliphatic heterocycles. The molecule has 0 unspecified atom stereocenters. The van der Waals surface area contributed by atoms with Gasteiger partial charge in [0.1, 0.15) is 28.6 Å². The van der Waals surface area contributed by atoms with Crippen molar-refractivity contribution in [3.8, 4) is 17.2 Å². The second-order valence-corrected chi connectivity index (χ2v) is 11.0. The lowest BCUT2D eigenvalue weighted by Gasteiger charge is -2.30. The number of hydrogen-bond donors (Lipinski definition) is 0. The molecule has 0 aromatic heterocycles. The molecular formula is C29H28O5S. The van der Waals surface area contributed by atoms with Gasteiger partial charge in [-0.3, -0.25) is 0 Å². The maximum atomic E-state index is 13.1. The molecule has 0 saturated heterocycles. The van der Waals surface area contributed by atoms with E-state index in [0.717, 1.165) is 45.7 Å². The summed E-state index contributed by atoms with van der Waals surface area (Å²) in [4.78, 5) is 0.122.